The highest BCUT2D eigenvalue weighted by Crippen LogP contribution is 2.13. The highest BCUT2D eigenvalue weighted by molar-refractivity contribution is 5.33. The Labute approximate surface area is 61.1 Å². The third-order valence-corrected chi connectivity index (χ3v) is 1.72. The fourth-order valence-electron chi connectivity index (χ4n) is 0.520. The van der Waals surface area contributed by atoms with E-state index in [1.807, 2.05) is 13.8 Å². The van der Waals surface area contributed by atoms with Crippen molar-refractivity contribution in [1.82, 2.24) is 0 Å². The molecule has 0 saturated heterocycles. The maximum Gasteiger partial charge on any atom is 0.235 e. The van der Waals surface area contributed by atoms with Gasteiger partial charge in [0.25, 0.3) is 0 Å². The first-order valence-corrected chi connectivity index (χ1v) is 3.27. The molecule has 0 N–H and O–H groups in total. The quantitative estimate of drug-likeness (QED) is 0.437. The van der Waals surface area contributed by atoms with E-state index in [0.717, 1.165) is 6.42 Å². The third-order valence-electron chi connectivity index (χ3n) is 1.72. The van der Waals surface area contributed by atoms with E-state index in [1.165, 1.54) is 6.08 Å². The first-order chi connectivity index (χ1) is 4.68. The molecular formula is C7H13NO2. The Kier molecular flexibility index (Phi) is 3.93. The fourth-order valence-corrected chi connectivity index (χ4v) is 0.520. The molecule has 0 radical (unpaired) electrons. The number of hydrogen-bond acceptors (Lipinski definition) is 3. The molecule has 0 spiro atoms. The van der Waals surface area contributed by atoms with Gasteiger partial charge in [0.1, 0.15) is 0 Å². The molecule has 0 aromatic carbocycles. The summed E-state index contributed by atoms with van der Waals surface area (Å²) >= 11 is 0. The minimum absolute atomic E-state index is 0.294. The van der Waals surface area contributed by atoms with Gasteiger partial charge in [-0.3, -0.25) is 0 Å². The molecule has 0 bridgehead atoms. The van der Waals surface area contributed by atoms with Crippen molar-refractivity contribution in [1.29, 1.82) is 0 Å². The van der Waals surface area contributed by atoms with E-state index in [2.05, 4.69) is 4.99 Å². The molecular weight excluding hydrogens is 130 g/mol. The van der Waals surface area contributed by atoms with Crippen molar-refractivity contribution < 1.29 is 9.53 Å². The van der Waals surface area contributed by atoms with Crippen LogP contribution in [0.3, 0.4) is 0 Å². The van der Waals surface area contributed by atoms with Crippen LogP contribution in [-0.4, -0.2) is 25.3 Å². The molecule has 0 aliphatic heterocycles. The third kappa shape index (κ3) is 2.76. The number of methoxy groups -OCH3 is 1. The molecule has 0 aromatic rings. The molecule has 0 aromatic heterocycles. The monoisotopic (exact) mass is 143 g/mol. The zero-order chi connectivity index (χ0) is 8.04. The number of nitrogens with zero attached hydrogens (tertiary/aromatic N) is 1. The van der Waals surface area contributed by atoms with Gasteiger partial charge in [-0.05, 0) is 13.3 Å². The summed E-state index contributed by atoms with van der Waals surface area (Å²) < 4.78 is 5.12. The van der Waals surface area contributed by atoms with Crippen molar-refractivity contribution in [2.75, 3.05) is 13.7 Å². The number of hydrogen-bond donors (Lipinski definition) is 0. The lowest BCUT2D eigenvalue weighted by molar-refractivity contribution is 0.0113. The van der Waals surface area contributed by atoms with E-state index in [-0.39, 0.29) is 5.60 Å². The van der Waals surface area contributed by atoms with Crippen LogP contribution in [0.4, 0.5) is 0 Å². The molecule has 1 atom stereocenters. The molecule has 0 aliphatic carbocycles. The number of carbonyl (C=O) groups excluding carboxylic acids is 1. The van der Waals surface area contributed by atoms with Gasteiger partial charge >= 0.3 is 0 Å². The van der Waals surface area contributed by atoms with Crippen molar-refractivity contribution in [3.8, 4) is 0 Å². The number of aliphatic imine (C=N–C) groups is 1. The van der Waals surface area contributed by atoms with E-state index in [0.29, 0.717) is 6.54 Å². The van der Waals surface area contributed by atoms with Crippen molar-refractivity contribution >= 4 is 6.08 Å². The van der Waals surface area contributed by atoms with Crippen LogP contribution in [0.5, 0.6) is 0 Å². The predicted molar refractivity (Wildman–Crippen MR) is 38.7 cm³/mol. The zero-order valence-electron chi connectivity index (χ0n) is 6.68. The molecule has 0 heterocycles. The van der Waals surface area contributed by atoms with Gasteiger partial charge in [0.15, 0.2) is 0 Å². The SMILES string of the molecule is CCC(C)(CN=C=O)OC. The average molecular weight is 143 g/mol. The van der Waals surface area contributed by atoms with E-state index >= 15 is 0 Å². The standard InChI is InChI=1S/C7H13NO2/c1-4-7(2,10-3)5-8-6-9/h4-5H2,1-3H3. The van der Waals surface area contributed by atoms with Crippen molar-refractivity contribution in [3.63, 3.8) is 0 Å². The van der Waals surface area contributed by atoms with Crippen molar-refractivity contribution in [2.24, 2.45) is 4.99 Å². The van der Waals surface area contributed by atoms with Crippen LogP contribution in [0.25, 0.3) is 0 Å². The number of rotatable bonds is 4. The van der Waals surface area contributed by atoms with E-state index in [4.69, 9.17) is 4.74 Å². The second-order valence-electron chi connectivity index (χ2n) is 2.42. The second-order valence-corrected chi connectivity index (χ2v) is 2.42. The maximum absolute atomic E-state index is 9.74. The van der Waals surface area contributed by atoms with Crippen molar-refractivity contribution in [2.45, 2.75) is 25.9 Å². The molecule has 3 heteroatoms. The predicted octanol–water partition coefficient (Wildman–Crippen LogP) is 1.14. The molecule has 10 heavy (non-hydrogen) atoms. The topological polar surface area (TPSA) is 38.7 Å². The summed E-state index contributed by atoms with van der Waals surface area (Å²) in [4.78, 5) is 13.2. The van der Waals surface area contributed by atoms with Gasteiger partial charge < -0.3 is 4.74 Å². The Bertz CT molecular complexity index is 135. The summed E-state index contributed by atoms with van der Waals surface area (Å²) in [5, 5.41) is 0. The lowest BCUT2D eigenvalue weighted by Crippen LogP contribution is -2.29. The highest BCUT2D eigenvalue weighted by Gasteiger charge is 2.19. The molecule has 0 saturated carbocycles. The Balaban J connectivity index is 3.92. The van der Waals surface area contributed by atoms with Crippen LogP contribution in [0.1, 0.15) is 20.3 Å². The van der Waals surface area contributed by atoms with Gasteiger partial charge in [-0.1, -0.05) is 6.92 Å². The van der Waals surface area contributed by atoms with Gasteiger partial charge in [-0.2, -0.15) is 0 Å². The van der Waals surface area contributed by atoms with E-state index < -0.39 is 0 Å². The second kappa shape index (κ2) is 4.20. The summed E-state index contributed by atoms with van der Waals surface area (Å²) in [6.45, 7) is 4.29. The smallest absolute Gasteiger partial charge is 0.235 e. The summed E-state index contributed by atoms with van der Waals surface area (Å²) in [5.74, 6) is 0. The van der Waals surface area contributed by atoms with Crippen LogP contribution in [-0.2, 0) is 9.53 Å². The van der Waals surface area contributed by atoms with Crippen LogP contribution in [0, 0.1) is 0 Å². The Hall–Kier alpha value is -0.660. The van der Waals surface area contributed by atoms with Crippen molar-refractivity contribution in [3.05, 3.63) is 0 Å². The number of isocyanates is 1. The van der Waals surface area contributed by atoms with E-state index in [1.54, 1.807) is 7.11 Å². The maximum atomic E-state index is 9.74. The van der Waals surface area contributed by atoms with Crippen LogP contribution in [0.15, 0.2) is 4.99 Å². The van der Waals surface area contributed by atoms with Gasteiger partial charge in [0.2, 0.25) is 6.08 Å². The summed E-state index contributed by atoms with van der Waals surface area (Å²) in [6.07, 6.45) is 2.33. The Morgan fingerprint density at radius 2 is 2.30 bits per heavy atom. The molecule has 0 aliphatic rings. The fraction of sp³-hybridized carbons (Fsp3) is 0.857. The normalized spacial score (nSPS) is 15.5. The van der Waals surface area contributed by atoms with Gasteiger partial charge in [0.05, 0.1) is 12.1 Å². The number of ether oxygens (including phenoxy) is 1. The minimum atomic E-state index is -0.294. The first kappa shape index (κ1) is 9.34. The molecule has 0 amide bonds. The molecule has 0 rings (SSSR count). The minimum Gasteiger partial charge on any atom is -0.377 e. The Morgan fingerprint density at radius 1 is 1.70 bits per heavy atom. The summed E-state index contributed by atoms with van der Waals surface area (Å²) in [6, 6.07) is 0. The van der Waals surface area contributed by atoms with Crippen LogP contribution >= 0.6 is 0 Å². The molecule has 1 unspecified atom stereocenters. The largest absolute Gasteiger partial charge is 0.377 e. The zero-order valence-corrected chi connectivity index (χ0v) is 6.68. The van der Waals surface area contributed by atoms with Crippen LogP contribution in [0.2, 0.25) is 0 Å². The van der Waals surface area contributed by atoms with Gasteiger partial charge in [0, 0.05) is 7.11 Å². The average Bonchev–Trinajstić information content (AvgIpc) is 2.00. The van der Waals surface area contributed by atoms with Gasteiger partial charge in [-0.25, -0.2) is 9.79 Å². The summed E-state index contributed by atoms with van der Waals surface area (Å²) in [5.41, 5.74) is -0.294. The lowest BCUT2D eigenvalue weighted by atomic mass is 10.0. The molecule has 58 valence electrons. The van der Waals surface area contributed by atoms with Crippen LogP contribution < -0.4 is 0 Å². The summed E-state index contributed by atoms with van der Waals surface area (Å²) in [7, 11) is 1.61. The molecule has 3 nitrogen and oxygen atoms in total. The van der Waals surface area contributed by atoms with Gasteiger partial charge in [-0.15, -0.1) is 0 Å². The highest BCUT2D eigenvalue weighted by atomic mass is 16.5. The van der Waals surface area contributed by atoms with E-state index in [9.17, 15) is 4.79 Å². The molecule has 0 fully saturated rings. The lowest BCUT2D eigenvalue weighted by Gasteiger charge is -2.23. The first-order valence-electron chi connectivity index (χ1n) is 3.27. The Morgan fingerprint density at radius 3 is 2.60 bits per heavy atom.